The number of amides is 1. The number of hydrogen-bond donors (Lipinski definition) is 1. The quantitative estimate of drug-likeness (QED) is 0.667. The van der Waals surface area contributed by atoms with Crippen LogP contribution in [0.4, 0.5) is 4.39 Å². The lowest BCUT2D eigenvalue weighted by Crippen LogP contribution is -2.23. The van der Waals surface area contributed by atoms with Gasteiger partial charge in [-0.05, 0) is 43.7 Å². The number of hydrogen-bond acceptors (Lipinski definition) is 4. The molecule has 1 saturated heterocycles. The maximum absolute atomic E-state index is 14.0. The molecule has 3 heterocycles. The molecule has 1 unspecified atom stereocenters. The Kier molecular flexibility index (Phi) is 5.36. The topological polar surface area (TPSA) is 45.5 Å². The van der Waals surface area contributed by atoms with Crippen molar-refractivity contribution in [3.8, 4) is 0 Å². The van der Waals surface area contributed by atoms with Gasteiger partial charge in [0.2, 0.25) is 0 Å². The van der Waals surface area contributed by atoms with Gasteiger partial charge >= 0.3 is 0 Å². The first-order chi connectivity index (χ1) is 13.2. The molecule has 1 aliphatic rings. The third-order valence-corrected chi connectivity index (χ3v) is 6.09. The number of carbonyl (C=O) groups is 1. The average Bonchev–Trinajstić information content (AvgIpc) is 3.43. The maximum Gasteiger partial charge on any atom is 0.261 e. The minimum absolute atomic E-state index is 0.0777. The molecule has 6 heteroatoms. The van der Waals surface area contributed by atoms with E-state index < -0.39 is 0 Å². The van der Waals surface area contributed by atoms with E-state index in [1.807, 2.05) is 30.3 Å². The van der Waals surface area contributed by atoms with Crippen molar-refractivity contribution in [3.05, 3.63) is 81.7 Å². The molecule has 140 valence electrons. The lowest BCUT2D eigenvalue weighted by Gasteiger charge is -2.23. The number of furan rings is 1. The summed E-state index contributed by atoms with van der Waals surface area (Å²) in [5.74, 6) is -0.236. The van der Waals surface area contributed by atoms with Crippen LogP contribution in [0.25, 0.3) is 0 Å². The molecule has 0 aliphatic carbocycles. The number of benzene rings is 1. The van der Waals surface area contributed by atoms with Gasteiger partial charge in [0.15, 0.2) is 0 Å². The van der Waals surface area contributed by atoms with Crippen LogP contribution < -0.4 is 5.32 Å². The van der Waals surface area contributed by atoms with Crippen molar-refractivity contribution in [1.82, 2.24) is 10.2 Å². The molecule has 4 nitrogen and oxygen atoms in total. The van der Waals surface area contributed by atoms with Crippen LogP contribution >= 0.6 is 11.3 Å². The first kappa shape index (κ1) is 17.9. The van der Waals surface area contributed by atoms with E-state index >= 15 is 0 Å². The highest BCUT2D eigenvalue weighted by Crippen LogP contribution is 2.37. The van der Waals surface area contributed by atoms with E-state index in [2.05, 4.69) is 10.2 Å². The summed E-state index contributed by atoms with van der Waals surface area (Å²) >= 11 is 1.52. The number of thiophene rings is 1. The van der Waals surface area contributed by atoms with Gasteiger partial charge in [0, 0.05) is 35.1 Å². The van der Waals surface area contributed by atoms with Gasteiger partial charge < -0.3 is 9.73 Å². The second-order valence-corrected chi connectivity index (χ2v) is 7.85. The van der Waals surface area contributed by atoms with Crippen molar-refractivity contribution < 1.29 is 13.6 Å². The Labute approximate surface area is 161 Å². The highest BCUT2D eigenvalue weighted by Gasteiger charge is 2.28. The number of nitrogens with one attached hydrogen (secondary N) is 1. The molecule has 0 spiro atoms. The van der Waals surface area contributed by atoms with Gasteiger partial charge in [0.05, 0.1) is 17.4 Å². The van der Waals surface area contributed by atoms with E-state index in [-0.39, 0.29) is 17.8 Å². The van der Waals surface area contributed by atoms with Crippen LogP contribution in [-0.4, -0.2) is 17.4 Å². The lowest BCUT2D eigenvalue weighted by molar-refractivity contribution is 0.0955. The molecule has 1 amide bonds. The Balaban J connectivity index is 1.42. The highest BCUT2D eigenvalue weighted by atomic mass is 32.1. The first-order valence-electron chi connectivity index (χ1n) is 9.07. The summed E-state index contributed by atoms with van der Waals surface area (Å²) in [6, 6.07) is 12.9. The van der Waals surface area contributed by atoms with Gasteiger partial charge in [-0.25, -0.2) is 4.39 Å². The summed E-state index contributed by atoms with van der Waals surface area (Å²) in [4.78, 5) is 16.6. The number of nitrogens with zero attached hydrogens (tertiary/aromatic N) is 1. The van der Waals surface area contributed by atoms with Crippen LogP contribution in [0.1, 0.15) is 44.6 Å². The van der Waals surface area contributed by atoms with Crippen molar-refractivity contribution in [2.24, 2.45) is 0 Å². The third kappa shape index (κ3) is 4.12. The minimum atomic E-state index is -0.159. The second-order valence-electron chi connectivity index (χ2n) is 6.74. The van der Waals surface area contributed by atoms with Gasteiger partial charge in [-0.15, -0.1) is 11.3 Å². The van der Waals surface area contributed by atoms with Crippen LogP contribution in [0, 0.1) is 5.82 Å². The van der Waals surface area contributed by atoms with E-state index in [1.54, 1.807) is 18.6 Å². The molecule has 1 aromatic carbocycles. The lowest BCUT2D eigenvalue weighted by atomic mass is 10.1. The number of rotatable bonds is 6. The molecular weight excluding hydrogens is 363 g/mol. The van der Waals surface area contributed by atoms with Crippen molar-refractivity contribution in [3.63, 3.8) is 0 Å². The summed E-state index contributed by atoms with van der Waals surface area (Å²) < 4.78 is 19.0. The monoisotopic (exact) mass is 384 g/mol. The molecule has 0 bridgehead atoms. The Hall–Kier alpha value is -2.44. The van der Waals surface area contributed by atoms with Crippen LogP contribution in [-0.2, 0) is 13.1 Å². The van der Waals surface area contributed by atoms with E-state index in [1.165, 1.54) is 17.4 Å². The predicted molar refractivity (Wildman–Crippen MR) is 103 cm³/mol. The van der Waals surface area contributed by atoms with Crippen LogP contribution in [0.5, 0.6) is 0 Å². The normalized spacial score (nSPS) is 17.3. The summed E-state index contributed by atoms with van der Waals surface area (Å²) in [7, 11) is 0. The Morgan fingerprint density at radius 1 is 1.26 bits per heavy atom. The fourth-order valence-electron chi connectivity index (χ4n) is 3.50. The zero-order valence-corrected chi connectivity index (χ0v) is 15.7. The highest BCUT2D eigenvalue weighted by molar-refractivity contribution is 7.14. The smallest absolute Gasteiger partial charge is 0.261 e. The van der Waals surface area contributed by atoms with Crippen molar-refractivity contribution in [2.75, 3.05) is 6.54 Å². The van der Waals surface area contributed by atoms with Gasteiger partial charge in [0.1, 0.15) is 5.82 Å². The zero-order chi connectivity index (χ0) is 18.6. The Bertz CT molecular complexity index is 907. The van der Waals surface area contributed by atoms with Crippen LogP contribution in [0.15, 0.2) is 59.4 Å². The number of halogens is 1. The van der Waals surface area contributed by atoms with Crippen molar-refractivity contribution >= 4 is 17.2 Å². The third-order valence-electron chi connectivity index (χ3n) is 4.91. The van der Waals surface area contributed by atoms with E-state index in [9.17, 15) is 9.18 Å². The molecular formula is C21H21FN2O2S. The fraction of sp³-hybridized carbons (Fsp3) is 0.286. The molecule has 0 radical (unpaired) electrons. The predicted octanol–water partition coefficient (Wildman–Crippen LogP) is 4.75. The number of likely N-dealkylation sites (tertiary alicyclic amines) is 1. The van der Waals surface area contributed by atoms with Crippen LogP contribution in [0.2, 0.25) is 0 Å². The summed E-state index contributed by atoms with van der Waals surface area (Å²) in [6.07, 6.45) is 5.33. The summed E-state index contributed by atoms with van der Waals surface area (Å²) in [5, 5.41) is 2.91. The molecule has 4 rings (SSSR count). The van der Waals surface area contributed by atoms with E-state index in [4.69, 9.17) is 4.42 Å². The molecule has 27 heavy (non-hydrogen) atoms. The van der Waals surface area contributed by atoms with Crippen molar-refractivity contribution in [2.45, 2.75) is 32.0 Å². The minimum Gasteiger partial charge on any atom is -0.472 e. The average molecular weight is 384 g/mol. The molecule has 1 fully saturated rings. The van der Waals surface area contributed by atoms with Gasteiger partial charge in [-0.1, -0.05) is 18.2 Å². The molecule has 2 aromatic heterocycles. The molecule has 0 saturated carbocycles. The first-order valence-corrected chi connectivity index (χ1v) is 9.89. The summed E-state index contributed by atoms with van der Waals surface area (Å²) in [5.41, 5.74) is 1.66. The zero-order valence-electron chi connectivity index (χ0n) is 14.9. The fourth-order valence-corrected chi connectivity index (χ4v) is 4.59. The van der Waals surface area contributed by atoms with Gasteiger partial charge in [-0.2, -0.15) is 0 Å². The SMILES string of the molecule is O=C(NCc1ccoc1)c1ccc(C2CCCN2Cc2ccccc2F)s1. The largest absolute Gasteiger partial charge is 0.472 e. The molecule has 3 aromatic rings. The van der Waals surface area contributed by atoms with E-state index in [0.29, 0.717) is 18.0 Å². The van der Waals surface area contributed by atoms with Crippen molar-refractivity contribution in [1.29, 1.82) is 0 Å². The standard InChI is InChI=1S/C21H21FN2O2S/c22-17-5-2-1-4-16(17)13-24-10-3-6-18(24)19-7-8-20(27-19)21(25)23-12-15-9-11-26-14-15/h1-2,4-5,7-9,11,14,18H,3,6,10,12-13H2,(H,23,25). The number of carbonyl (C=O) groups excluding carboxylic acids is 1. The van der Waals surface area contributed by atoms with Gasteiger partial charge in [-0.3, -0.25) is 9.69 Å². The Morgan fingerprint density at radius 2 is 2.15 bits per heavy atom. The Morgan fingerprint density at radius 3 is 2.96 bits per heavy atom. The second kappa shape index (κ2) is 8.06. The maximum atomic E-state index is 14.0. The molecule has 1 aliphatic heterocycles. The van der Waals surface area contributed by atoms with Crippen LogP contribution in [0.3, 0.4) is 0 Å². The van der Waals surface area contributed by atoms with Gasteiger partial charge in [0.25, 0.3) is 5.91 Å². The van der Waals surface area contributed by atoms with E-state index in [0.717, 1.165) is 35.4 Å². The molecule has 1 atom stereocenters. The summed E-state index contributed by atoms with van der Waals surface area (Å²) in [6.45, 7) is 1.99. The molecule has 1 N–H and O–H groups in total.